The number of carbonyl (C=O) groups is 1. The molecule has 0 unspecified atom stereocenters. The molecule has 4 rings (SSSR count). The molecule has 144 valence electrons. The number of rotatable bonds is 3. The standard InChI is InChI=1S/C21H22ClN5O/c1-15-9-21(14-27(15)17-3-2-16(10-23)19(22)8-17)4-6-26(7-5-21)18-11-24-20(13-28)25-12-18/h2-3,8,11-13,15H,4-7,9,14H2,1H3/t15-/m0/s1. The fourth-order valence-corrected chi connectivity index (χ4v) is 4.81. The van der Waals surface area contributed by atoms with Crippen LogP contribution in [0.25, 0.3) is 0 Å². The predicted octanol–water partition coefficient (Wildman–Crippen LogP) is 3.70. The van der Waals surface area contributed by atoms with E-state index in [2.05, 4.69) is 32.8 Å². The minimum absolute atomic E-state index is 0.221. The van der Waals surface area contributed by atoms with Crippen LogP contribution in [0.1, 0.15) is 42.4 Å². The molecule has 2 aliphatic heterocycles. The highest BCUT2D eigenvalue weighted by Crippen LogP contribution is 2.45. The molecule has 2 aromatic rings. The quantitative estimate of drug-likeness (QED) is 0.738. The first-order valence-electron chi connectivity index (χ1n) is 9.52. The summed E-state index contributed by atoms with van der Waals surface area (Å²) in [4.78, 5) is 23.6. The number of halogens is 1. The lowest BCUT2D eigenvalue weighted by Gasteiger charge is -2.40. The van der Waals surface area contributed by atoms with Crippen molar-refractivity contribution in [1.82, 2.24) is 9.97 Å². The number of hydrogen-bond acceptors (Lipinski definition) is 6. The third kappa shape index (κ3) is 3.43. The van der Waals surface area contributed by atoms with Gasteiger partial charge in [-0.15, -0.1) is 0 Å². The third-order valence-corrected chi connectivity index (χ3v) is 6.44. The Balaban J connectivity index is 1.45. The van der Waals surface area contributed by atoms with Crippen LogP contribution in [0, 0.1) is 16.7 Å². The summed E-state index contributed by atoms with van der Waals surface area (Å²) in [7, 11) is 0. The zero-order valence-corrected chi connectivity index (χ0v) is 16.6. The lowest BCUT2D eigenvalue weighted by molar-refractivity contribution is 0.111. The van der Waals surface area contributed by atoms with Crippen molar-refractivity contribution in [3.63, 3.8) is 0 Å². The number of aromatic nitrogens is 2. The van der Waals surface area contributed by atoms with Crippen LogP contribution in [0.15, 0.2) is 30.6 Å². The van der Waals surface area contributed by atoms with Crippen molar-refractivity contribution in [2.24, 2.45) is 5.41 Å². The summed E-state index contributed by atoms with van der Waals surface area (Å²) >= 11 is 6.25. The van der Waals surface area contributed by atoms with Gasteiger partial charge in [-0.3, -0.25) is 4.79 Å². The van der Waals surface area contributed by atoms with Crippen molar-refractivity contribution in [2.45, 2.75) is 32.2 Å². The molecule has 2 aliphatic rings. The van der Waals surface area contributed by atoms with Gasteiger partial charge in [0.1, 0.15) is 6.07 Å². The molecule has 0 saturated carbocycles. The van der Waals surface area contributed by atoms with E-state index in [1.54, 1.807) is 18.5 Å². The summed E-state index contributed by atoms with van der Waals surface area (Å²) in [5.41, 5.74) is 2.87. The van der Waals surface area contributed by atoms with Crippen molar-refractivity contribution >= 4 is 29.3 Å². The summed E-state index contributed by atoms with van der Waals surface area (Å²) < 4.78 is 0. The van der Waals surface area contributed by atoms with Crippen LogP contribution in [-0.2, 0) is 0 Å². The zero-order chi connectivity index (χ0) is 19.7. The van der Waals surface area contributed by atoms with E-state index in [4.69, 9.17) is 16.9 Å². The Kier molecular flexibility index (Phi) is 4.94. The summed E-state index contributed by atoms with van der Waals surface area (Å²) in [5, 5.41) is 9.61. The first kappa shape index (κ1) is 18.7. The number of piperidine rings is 1. The topological polar surface area (TPSA) is 73.1 Å². The summed E-state index contributed by atoms with van der Waals surface area (Å²) in [6.45, 7) is 5.18. The summed E-state index contributed by atoms with van der Waals surface area (Å²) in [6.07, 6.45) is 7.49. The fraction of sp³-hybridized carbons (Fsp3) is 0.429. The molecule has 1 spiro atoms. The fourth-order valence-electron chi connectivity index (χ4n) is 4.59. The molecule has 0 aliphatic carbocycles. The van der Waals surface area contributed by atoms with Gasteiger partial charge in [-0.05, 0) is 49.8 Å². The Morgan fingerprint density at radius 1 is 1.25 bits per heavy atom. The highest BCUT2D eigenvalue weighted by molar-refractivity contribution is 6.32. The van der Waals surface area contributed by atoms with Gasteiger partial charge in [0.25, 0.3) is 0 Å². The highest BCUT2D eigenvalue weighted by atomic mass is 35.5. The normalized spacial score (nSPS) is 21.0. The predicted molar refractivity (Wildman–Crippen MR) is 109 cm³/mol. The van der Waals surface area contributed by atoms with Crippen LogP contribution in [0.4, 0.5) is 11.4 Å². The molecular formula is C21H22ClN5O. The van der Waals surface area contributed by atoms with E-state index >= 15 is 0 Å². The largest absolute Gasteiger partial charge is 0.369 e. The van der Waals surface area contributed by atoms with E-state index in [-0.39, 0.29) is 5.82 Å². The maximum Gasteiger partial charge on any atom is 0.192 e. The molecule has 1 aromatic carbocycles. The number of hydrogen-bond donors (Lipinski definition) is 0. The number of aldehydes is 1. The van der Waals surface area contributed by atoms with Crippen molar-refractivity contribution in [1.29, 1.82) is 5.26 Å². The molecule has 0 radical (unpaired) electrons. The van der Waals surface area contributed by atoms with Crippen molar-refractivity contribution in [2.75, 3.05) is 29.4 Å². The first-order chi connectivity index (χ1) is 13.5. The molecule has 2 fully saturated rings. The third-order valence-electron chi connectivity index (χ3n) is 6.12. The number of nitriles is 1. The second-order valence-corrected chi connectivity index (χ2v) is 8.27. The minimum atomic E-state index is 0.221. The van der Waals surface area contributed by atoms with Gasteiger partial charge in [-0.25, -0.2) is 9.97 Å². The molecular weight excluding hydrogens is 374 g/mol. The van der Waals surface area contributed by atoms with Crippen LogP contribution in [0.5, 0.6) is 0 Å². The van der Waals surface area contributed by atoms with Crippen LogP contribution >= 0.6 is 11.6 Å². The van der Waals surface area contributed by atoms with Crippen LogP contribution in [-0.4, -0.2) is 41.9 Å². The highest BCUT2D eigenvalue weighted by Gasteiger charge is 2.44. The summed E-state index contributed by atoms with van der Waals surface area (Å²) in [6, 6.07) is 8.28. The van der Waals surface area contributed by atoms with Gasteiger partial charge < -0.3 is 9.80 Å². The number of nitrogens with zero attached hydrogens (tertiary/aromatic N) is 5. The number of carbonyl (C=O) groups excluding carboxylic acids is 1. The van der Waals surface area contributed by atoms with E-state index in [9.17, 15) is 4.79 Å². The van der Waals surface area contributed by atoms with Gasteiger partial charge in [-0.1, -0.05) is 11.6 Å². The van der Waals surface area contributed by atoms with E-state index in [1.807, 2.05) is 12.1 Å². The second kappa shape index (κ2) is 7.40. The molecule has 1 aromatic heterocycles. The molecule has 6 nitrogen and oxygen atoms in total. The van der Waals surface area contributed by atoms with E-state index in [0.717, 1.165) is 50.3 Å². The lowest BCUT2D eigenvalue weighted by Crippen LogP contribution is -2.41. The molecule has 0 N–H and O–H groups in total. The minimum Gasteiger partial charge on any atom is -0.369 e. The zero-order valence-electron chi connectivity index (χ0n) is 15.8. The van der Waals surface area contributed by atoms with Gasteiger partial charge in [0.2, 0.25) is 0 Å². The lowest BCUT2D eigenvalue weighted by atomic mass is 9.76. The molecule has 2 saturated heterocycles. The van der Waals surface area contributed by atoms with Crippen LogP contribution in [0.3, 0.4) is 0 Å². The van der Waals surface area contributed by atoms with E-state index in [0.29, 0.717) is 28.3 Å². The van der Waals surface area contributed by atoms with Gasteiger partial charge >= 0.3 is 0 Å². The van der Waals surface area contributed by atoms with Gasteiger partial charge in [-0.2, -0.15) is 5.26 Å². The second-order valence-electron chi connectivity index (χ2n) is 7.86. The van der Waals surface area contributed by atoms with Crippen LogP contribution in [0.2, 0.25) is 5.02 Å². The molecule has 1 atom stereocenters. The van der Waals surface area contributed by atoms with Crippen molar-refractivity contribution < 1.29 is 4.79 Å². The smallest absolute Gasteiger partial charge is 0.192 e. The Morgan fingerprint density at radius 2 is 1.96 bits per heavy atom. The Bertz CT molecular complexity index is 915. The molecule has 3 heterocycles. The first-order valence-corrected chi connectivity index (χ1v) is 9.90. The molecule has 0 bridgehead atoms. The maximum atomic E-state index is 10.7. The van der Waals surface area contributed by atoms with Gasteiger partial charge in [0.15, 0.2) is 12.1 Å². The van der Waals surface area contributed by atoms with Gasteiger partial charge in [0, 0.05) is 31.4 Å². The Hall–Kier alpha value is -2.65. The van der Waals surface area contributed by atoms with Crippen molar-refractivity contribution in [3.8, 4) is 6.07 Å². The van der Waals surface area contributed by atoms with Gasteiger partial charge in [0.05, 0.1) is 28.7 Å². The Morgan fingerprint density at radius 3 is 2.57 bits per heavy atom. The molecule has 28 heavy (non-hydrogen) atoms. The van der Waals surface area contributed by atoms with Crippen molar-refractivity contribution in [3.05, 3.63) is 47.0 Å². The number of benzene rings is 1. The maximum absolute atomic E-state index is 10.7. The Labute approximate surface area is 169 Å². The SMILES string of the molecule is C[C@H]1CC2(CCN(c3cnc(C=O)nc3)CC2)CN1c1ccc(C#N)c(Cl)c1. The summed E-state index contributed by atoms with van der Waals surface area (Å²) in [5.74, 6) is 0.221. The average molecular weight is 396 g/mol. The monoisotopic (exact) mass is 395 g/mol. The van der Waals surface area contributed by atoms with E-state index < -0.39 is 0 Å². The van der Waals surface area contributed by atoms with Crippen LogP contribution < -0.4 is 9.80 Å². The van der Waals surface area contributed by atoms with E-state index in [1.165, 1.54) is 0 Å². The molecule has 7 heteroatoms. The number of anilines is 2. The molecule has 0 amide bonds. The average Bonchev–Trinajstić information content (AvgIpc) is 3.04.